The van der Waals surface area contributed by atoms with Crippen LogP contribution in [0, 0.1) is 0 Å². The molecule has 3 rings (SSSR count). The number of hydrogen-bond acceptors (Lipinski definition) is 4. The van der Waals surface area contributed by atoms with Gasteiger partial charge in [-0.05, 0) is 29.8 Å². The van der Waals surface area contributed by atoms with Gasteiger partial charge in [0.2, 0.25) is 0 Å². The molecule has 0 atom stereocenters. The van der Waals surface area contributed by atoms with Gasteiger partial charge in [-0.2, -0.15) is 0 Å². The van der Waals surface area contributed by atoms with E-state index in [2.05, 4.69) is 15.3 Å². The molecular weight excluding hydrogens is 214 g/mol. The lowest BCUT2D eigenvalue weighted by Gasteiger charge is -2.05. The summed E-state index contributed by atoms with van der Waals surface area (Å²) in [5, 5.41) is 4.29. The average Bonchev–Trinajstić information content (AvgIpc) is 2.86. The van der Waals surface area contributed by atoms with Gasteiger partial charge < -0.3 is 9.73 Å². The molecule has 0 aliphatic heterocycles. The van der Waals surface area contributed by atoms with Gasteiger partial charge in [0.15, 0.2) is 0 Å². The van der Waals surface area contributed by atoms with Crippen molar-refractivity contribution in [2.75, 3.05) is 5.32 Å². The molecule has 0 saturated heterocycles. The van der Waals surface area contributed by atoms with E-state index in [1.165, 1.54) is 5.56 Å². The smallest absolute Gasteiger partial charge is 0.139 e. The van der Waals surface area contributed by atoms with Gasteiger partial charge >= 0.3 is 0 Å². The van der Waals surface area contributed by atoms with Crippen LogP contribution in [0.5, 0.6) is 0 Å². The van der Waals surface area contributed by atoms with Gasteiger partial charge in [0.1, 0.15) is 11.4 Å². The lowest BCUT2D eigenvalue weighted by atomic mass is 10.2. The molecular formula is C13H11N3O. The second-order valence-corrected chi connectivity index (χ2v) is 3.70. The Morgan fingerprint density at radius 1 is 1.06 bits per heavy atom. The zero-order valence-electron chi connectivity index (χ0n) is 9.13. The van der Waals surface area contributed by atoms with Crippen LogP contribution in [-0.4, -0.2) is 9.97 Å². The maximum absolute atomic E-state index is 5.32. The first-order valence-electron chi connectivity index (χ1n) is 5.38. The Labute approximate surface area is 98.3 Å². The minimum absolute atomic E-state index is 0.722. The number of fused-ring (bicyclic) bond motifs is 1. The quantitative estimate of drug-likeness (QED) is 0.744. The Morgan fingerprint density at radius 2 is 1.94 bits per heavy atom. The van der Waals surface area contributed by atoms with Crippen molar-refractivity contribution in [2.45, 2.75) is 6.54 Å². The van der Waals surface area contributed by atoms with Crippen LogP contribution in [0.25, 0.3) is 11.0 Å². The minimum atomic E-state index is 0.722. The van der Waals surface area contributed by atoms with Crippen LogP contribution >= 0.6 is 0 Å². The summed E-state index contributed by atoms with van der Waals surface area (Å²) in [7, 11) is 0. The van der Waals surface area contributed by atoms with Crippen LogP contribution < -0.4 is 5.32 Å². The largest absolute Gasteiger partial charge is 0.464 e. The lowest BCUT2D eigenvalue weighted by Crippen LogP contribution is -2.01. The van der Waals surface area contributed by atoms with Gasteiger partial charge in [-0.15, -0.1) is 0 Å². The van der Waals surface area contributed by atoms with E-state index in [4.69, 9.17) is 4.42 Å². The van der Waals surface area contributed by atoms with Crippen molar-refractivity contribution >= 4 is 16.8 Å². The third kappa shape index (κ3) is 1.97. The number of hydrogen-bond donors (Lipinski definition) is 1. The topological polar surface area (TPSA) is 51.0 Å². The Bertz CT molecular complexity index is 619. The first kappa shape index (κ1) is 9.84. The Morgan fingerprint density at radius 3 is 2.82 bits per heavy atom. The minimum Gasteiger partial charge on any atom is -0.464 e. The van der Waals surface area contributed by atoms with E-state index in [0.717, 1.165) is 23.3 Å². The monoisotopic (exact) mass is 225 g/mol. The van der Waals surface area contributed by atoms with E-state index < -0.39 is 0 Å². The molecule has 0 aromatic carbocycles. The highest BCUT2D eigenvalue weighted by Crippen LogP contribution is 2.21. The summed E-state index contributed by atoms with van der Waals surface area (Å²) in [6, 6.07) is 7.72. The van der Waals surface area contributed by atoms with E-state index >= 15 is 0 Å². The molecule has 0 unspecified atom stereocenters. The Balaban J connectivity index is 1.84. The summed E-state index contributed by atoms with van der Waals surface area (Å²) in [5.41, 5.74) is 2.01. The standard InChI is InChI=1S/C13H11N3O/c1-5-14-6-2-10(1)9-16-13-11-4-8-17-12(11)3-7-15-13/h1-8H,9H2,(H,15,16). The number of rotatable bonds is 3. The second-order valence-electron chi connectivity index (χ2n) is 3.70. The van der Waals surface area contributed by atoms with Crippen LogP contribution in [0.15, 0.2) is 53.5 Å². The van der Waals surface area contributed by atoms with Crippen LogP contribution in [0.2, 0.25) is 0 Å². The number of pyridine rings is 2. The molecule has 4 heteroatoms. The number of anilines is 1. The molecule has 0 fully saturated rings. The summed E-state index contributed by atoms with van der Waals surface area (Å²) < 4.78 is 5.32. The molecule has 0 bridgehead atoms. The molecule has 0 aliphatic carbocycles. The SMILES string of the molecule is c1cc(CNc2nccc3occc23)ccn1. The van der Waals surface area contributed by atoms with Crippen molar-refractivity contribution in [1.82, 2.24) is 9.97 Å². The van der Waals surface area contributed by atoms with Crippen LogP contribution in [0.3, 0.4) is 0 Å². The van der Waals surface area contributed by atoms with Crippen LogP contribution in [0.1, 0.15) is 5.56 Å². The molecule has 84 valence electrons. The van der Waals surface area contributed by atoms with Crippen molar-refractivity contribution < 1.29 is 4.42 Å². The van der Waals surface area contributed by atoms with E-state index in [0.29, 0.717) is 0 Å². The molecule has 17 heavy (non-hydrogen) atoms. The van der Waals surface area contributed by atoms with Gasteiger partial charge in [0, 0.05) is 25.1 Å². The van der Waals surface area contributed by atoms with E-state index in [9.17, 15) is 0 Å². The number of nitrogens with zero attached hydrogens (tertiary/aromatic N) is 2. The zero-order chi connectivity index (χ0) is 11.5. The highest BCUT2D eigenvalue weighted by Gasteiger charge is 2.03. The molecule has 0 amide bonds. The summed E-state index contributed by atoms with van der Waals surface area (Å²) in [4.78, 5) is 8.29. The predicted molar refractivity (Wildman–Crippen MR) is 65.6 cm³/mol. The van der Waals surface area contributed by atoms with Crippen LogP contribution in [0.4, 0.5) is 5.82 Å². The highest BCUT2D eigenvalue weighted by molar-refractivity contribution is 5.87. The summed E-state index contributed by atoms with van der Waals surface area (Å²) in [5.74, 6) is 0.841. The third-order valence-corrected chi connectivity index (χ3v) is 2.59. The summed E-state index contributed by atoms with van der Waals surface area (Å²) >= 11 is 0. The van der Waals surface area contributed by atoms with Crippen molar-refractivity contribution in [1.29, 1.82) is 0 Å². The fourth-order valence-electron chi connectivity index (χ4n) is 1.72. The third-order valence-electron chi connectivity index (χ3n) is 2.59. The first-order valence-corrected chi connectivity index (χ1v) is 5.38. The number of nitrogens with one attached hydrogen (secondary N) is 1. The van der Waals surface area contributed by atoms with Crippen molar-refractivity contribution in [3.63, 3.8) is 0 Å². The van der Waals surface area contributed by atoms with Gasteiger partial charge in [0.25, 0.3) is 0 Å². The van der Waals surface area contributed by atoms with Crippen LogP contribution in [-0.2, 0) is 6.54 Å². The fraction of sp³-hybridized carbons (Fsp3) is 0.0769. The Kier molecular flexibility index (Phi) is 2.46. The van der Waals surface area contributed by atoms with E-state index in [1.807, 2.05) is 24.3 Å². The average molecular weight is 225 g/mol. The second kappa shape index (κ2) is 4.25. The number of aromatic nitrogens is 2. The molecule has 0 aliphatic rings. The molecule has 3 heterocycles. The maximum atomic E-state index is 5.32. The molecule has 0 saturated carbocycles. The molecule has 0 radical (unpaired) electrons. The molecule has 1 N–H and O–H groups in total. The molecule has 3 aromatic heterocycles. The lowest BCUT2D eigenvalue weighted by molar-refractivity contribution is 0.615. The highest BCUT2D eigenvalue weighted by atomic mass is 16.3. The Hall–Kier alpha value is -2.36. The summed E-state index contributed by atoms with van der Waals surface area (Å²) in [6.45, 7) is 0.722. The zero-order valence-corrected chi connectivity index (χ0v) is 9.13. The molecule has 0 spiro atoms. The van der Waals surface area contributed by atoms with Gasteiger partial charge in [-0.25, -0.2) is 4.98 Å². The molecule has 3 aromatic rings. The van der Waals surface area contributed by atoms with Gasteiger partial charge in [-0.1, -0.05) is 0 Å². The normalized spacial score (nSPS) is 10.6. The predicted octanol–water partition coefficient (Wildman–Crippen LogP) is 2.83. The van der Waals surface area contributed by atoms with Gasteiger partial charge in [-0.3, -0.25) is 4.98 Å². The summed E-state index contributed by atoms with van der Waals surface area (Å²) in [6.07, 6.45) is 6.97. The van der Waals surface area contributed by atoms with E-state index in [-0.39, 0.29) is 0 Å². The van der Waals surface area contributed by atoms with Crippen molar-refractivity contribution in [3.8, 4) is 0 Å². The van der Waals surface area contributed by atoms with Crippen molar-refractivity contribution in [2.24, 2.45) is 0 Å². The van der Waals surface area contributed by atoms with Gasteiger partial charge in [0.05, 0.1) is 11.6 Å². The fourth-order valence-corrected chi connectivity index (χ4v) is 1.72. The number of furan rings is 1. The van der Waals surface area contributed by atoms with E-state index in [1.54, 1.807) is 24.9 Å². The first-order chi connectivity index (χ1) is 8.43. The maximum Gasteiger partial charge on any atom is 0.139 e. The molecule has 4 nitrogen and oxygen atoms in total. The van der Waals surface area contributed by atoms with Crippen molar-refractivity contribution in [3.05, 3.63) is 54.7 Å².